The summed E-state index contributed by atoms with van der Waals surface area (Å²) in [7, 11) is 0. The molecule has 0 radical (unpaired) electrons. The van der Waals surface area contributed by atoms with Gasteiger partial charge in [0, 0.05) is 30.9 Å². The monoisotopic (exact) mass is 320 g/mol. The average molecular weight is 320 g/mol. The summed E-state index contributed by atoms with van der Waals surface area (Å²) in [5.74, 6) is -0.558. The molecular formula is C17H24N2O4. The molecule has 23 heavy (non-hydrogen) atoms. The second-order valence-corrected chi connectivity index (χ2v) is 6.90. The van der Waals surface area contributed by atoms with Crippen molar-refractivity contribution in [3.8, 4) is 0 Å². The van der Waals surface area contributed by atoms with Gasteiger partial charge >= 0.3 is 12.1 Å². The van der Waals surface area contributed by atoms with Crippen molar-refractivity contribution in [2.24, 2.45) is 0 Å². The summed E-state index contributed by atoms with van der Waals surface area (Å²) in [6.07, 6.45) is 3.03. The zero-order chi connectivity index (χ0) is 17.0. The number of nitrogens with zero attached hydrogens (tertiary/aromatic N) is 2. The van der Waals surface area contributed by atoms with E-state index in [1.54, 1.807) is 11.1 Å². The van der Waals surface area contributed by atoms with E-state index in [9.17, 15) is 9.59 Å². The third kappa shape index (κ3) is 5.23. The SMILES string of the molecule is CC(C)(C)OC(=O)N1CCC(c2ccc(CC(=O)O)cn2)CC1. The van der Waals surface area contributed by atoms with Crippen molar-refractivity contribution >= 4 is 12.1 Å². The van der Waals surface area contributed by atoms with Crippen LogP contribution >= 0.6 is 0 Å². The Morgan fingerprint density at radius 2 is 1.96 bits per heavy atom. The molecule has 1 aliphatic heterocycles. The molecule has 6 heteroatoms. The summed E-state index contributed by atoms with van der Waals surface area (Å²) >= 11 is 0. The van der Waals surface area contributed by atoms with Gasteiger partial charge in [0.25, 0.3) is 0 Å². The predicted molar refractivity (Wildman–Crippen MR) is 85.4 cm³/mol. The Balaban J connectivity index is 1.89. The molecule has 2 rings (SSSR count). The van der Waals surface area contributed by atoms with Crippen molar-refractivity contribution in [2.75, 3.05) is 13.1 Å². The number of carbonyl (C=O) groups excluding carboxylic acids is 1. The van der Waals surface area contributed by atoms with Gasteiger partial charge in [-0.25, -0.2) is 4.79 Å². The number of rotatable bonds is 3. The van der Waals surface area contributed by atoms with E-state index in [1.807, 2.05) is 32.9 Å². The summed E-state index contributed by atoms with van der Waals surface area (Å²) in [6.45, 7) is 6.89. The first-order valence-corrected chi connectivity index (χ1v) is 7.89. The Morgan fingerprint density at radius 3 is 2.43 bits per heavy atom. The number of piperidine rings is 1. The van der Waals surface area contributed by atoms with E-state index < -0.39 is 11.6 Å². The van der Waals surface area contributed by atoms with Crippen LogP contribution in [0.25, 0.3) is 0 Å². The number of amides is 1. The van der Waals surface area contributed by atoms with Gasteiger partial charge in [0.1, 0.15) is 5.60 Å². The van der Waals surface area contributed by atoms with Crippen LogP contribution < -0.4 is 0 Å². The molecule has 126 valence electrons. The van der Waals surface area contributed by atoms with Crippen LogP contribution in [0.3, 0.4) is 0 Å². The molecule has 1 aromatic heterocycles. The molecule has 0 unspecified atom stereocenters. The minimum absolute atomic E-state index is 0.00956. The van der Waals surface area contributed by atoms with Gasteiger partial charge < -0.3 is 14.7 Å². The van der Waals surface area contributed by atoms with Crippen LogP contribution in [0, 0.1) is 0 Å². The largest absolute Gasteiger partial charge is 0.481 e. The van der Waals surface area contributed by atoms with Gasteiger partial charge in [-0.1, -0.05) is 6.07 Å². The van der Waals surface area contributed by atoms with Crippen molar-refractivity contribution in [1.82, 2.24) is 9.88 Å². The van der Waals surface area contributed by atoms with E-state index in [4.69, 9.17) is 9.84 Å². The average Bonchev–Trinajstić information content (AvgIpc) is 2.46. The minimum atomic E-state index is -0.856. The van der Waals surface area contributed by atoms with Gasteiger partial charge in [-0.05, 0) is 45.2 Å². The van der Waals surface area contributed by atoms with Crippen LogP contribution in [0.1, 0.15) is 50.8 Å². The lowest BCUT2D eigenvalue weighted by molar-refractivity contribution is -0.136. The lowest BCUT2D eigenvalue weighted by Crippen LogP contribution is -2.41. The number of hydrogen-bond acceptors (Lipinski definition) is 4. The molecular weight excluding hydrogens is 296 g/mol. The van der Waals surface area contributed by atoms with Crippen molar-refractivity contribution in [3.05, 3.63) is 29.6 Å². The Hall–Kier alpha value is -2.11. The number of aromatic nitrogens is 1. The molecule has 1 N–H and O–H groups in total. The van der Waals surface area contributed by atoms with E-state index in [-0.39, 0.29) is 12.5 Å². The third-order valence-electron chi connectivity index (χ3n) is 3.77. The quantitative estimate of drug-likeness (QED) is 0.926. The summed E-state index contributed by atoms with van der Waals surface area (Å²) in [4.78, 5) is 28.8. The molecule has 0 spiro atoms. The first-order valence-electron chi connectivity index (χ1n) is 7.89. The molecule has 0 bridgehead atoms. The van der Waals surface area contributed by atoms with Gasteiger partial charge in [0.05, 0.1) is 6.42 Å². The fraction of sp³-hybridized carbons (Fsp3) is 0.588. The van der Waals surface area contributed by atoms with Gasteiger partial charge in [0.15, 0.2) is 0 Å². The summed E-state index contributed by atoms with van der Waals surface area (Å²) in [6, 6.07) is 3.71. The van der Waals surface area contributed by atoms with Crippen LogP contribution in [-0.2, 0) is 16.0 Å². The van der Waals surface area contributed by atoms with E-state index in [1.165, 1.54) is 0 Å². The second kappa shape index (κ2) is 6.98. The molecule has 1 fully saturated rings. The van der Waals surface area contributed by atoms with E-state index in [0.717, 1.165) is 18.5 Å². The summed E-state index contributed by atoms with van der Waals surface area (Å²) in [5.41, 5.74) is 1.19. The maximum atomic E-state index is 12.0. The van der Waals surface area contributed by atoms with Crippen LogP contribution in [0.15, 0.2) is 18.3 Å². The molecule has 0 aliphatic carbocycles. The number of ether oxygens (including phenoxy) is 1. The number of carbonyl (C=O) groups is 2. The summed E-state index contributed by atoms with van der Waals surface area (Å²) < 4.78 is 5.39. The fourth-order valence-electron chi connectivity index (χ4n) is 2.64. The first-order chi connectivity index (χ1) is 10.7. The lowest BCUT2D eigenvalue weighted by Gasteiger charge is -2.33. The number of aliphatic carboxylic acids is 1. The number of carboxylic acid groups (broad SMARTS) is 1. The molecule has 0 saturated carbocycles. The highest BCUT2D eigenvalue weighted by molar-refractivity contribution is 5.70. The molecule has 1 amide bonds. The Morgan fingerprint density at radius 1 is 1.30 bits per heavy atom. The Labute approximate surface area is 136 Å². The minimum Gasteiger partial charge on any atom is -0.481 e. The Bertz CT molecular complexity index is 555. The fourth-order valence-corrected chi connectivity index (χ4v) is 2.64. The van der Waals surface area contributed by atoms with Crippen molar-refractivity contribution in [3.63, 3.8) is 0 Å². The number of hydrogen-bond donors (Lipinski definition) is 1. The highest BCUT2D eigenvalue weighted by Gasteiger charge is 2.27. The van der Waals surface area contributed by atoms with E-state index in [0.29, 0.717) is 24.6 Å². The van der Waals surface area contributed by atoms with E-state index in [2.05, 4.69) is 4.98 Å². The predicted octanol–water partition coefficient (Wildman–Crippen LogP) is 2.82. The van der Waals surface area contributed by atoms with Crippen molar-refractivity contribution in [1.29, 1.82) is 0 Å². The summed E-state index contributed by atoms with van der Waals surface area (Å²) in [5, 5.41) is 8.77. The molecule has 2 heterocycles. The maximum Gasteiger partial charge on any atom is 0.410 e. The number of likely N-dealkylation sites (tertiary alicyclic amines) is 1. The highest BCUT2D eigenvalue weighted by Crippen LogP contribution is 2.27. The molecule has 1 aliphatic rings. The maximum absolute atomic E-state index is 12.0. The van der Waals surface area contributed by atoms with Crippen LogP contribution in [0.4, 0.5) is 4.79 Å². The Kier molecular flexibility index (Phi) is 5.23. The highest BCUT2D eigenvalue weighted by atomic mass is 16.6. The standard InChI is InChI=1S/C17H24N2O4/c1-17(2,3)23-16(22)19-8-6-13(7-9-19)14-5-4-12(11-18-14)10-15(20)21/h4-5,11,13H,6-10H2,1-3H3,(H,20,21). The zero-order valence-corrected chi connectivity index (χ0v) is 13.9. The van der Waals surface area contributed by atoms with Gasteiger partial charge in [-0.15, -0.1) is 0 Å². The molecule has 0 aromatic carbocycles. The van der Waals surface area contributed by atoms with E-state index >= 15 is 0 Å². The van der Waals surface area contributed by atoms with Crippen LogP contribution in [0.2, 0.25) is 0 Å². The van der Waals surface area contributed by atoms with Crippen LogP contribution in [0.5, 0.6) is 0 Å². The van der Waals surface area contributed by atoms with Gasteiger partial charge in [0.2, 0.25) is 0 Å². The lowest BCUT2D eigenvalue weighted by atomic mass is 9.93. The number of pyridine rings is 1. The van der Waals surface area contributed by atoms with Gasteiger partial charge in [-0.2, -0.15) is 0 Å². The second-order valence-electron chi connectivity index (χ2n) is 6.90. The third-order valence-corrected chi connectivity index (χ3v) is 3.77. The zero-order valence-electron chi connectivity index (χ0n) is 13.9. The first kappa shape index (κ1) is 17.2. The molecule has 6 nitrogen and oxygen atoms in total. The topological polar surface area (TPSA) is 79.7 Å². The molecule has 1 aromatic rings. The normalized spacial score (nSPS) is 16.2. The smallest absolute Gasteiger partial charge is 0.410 e. The molecule has 1 saturated heterocycles. The van der Waals surface area contributed by atoms with Gasteiger partial charge in [-0.3, -0.25) is 9.78 Å². The van der Waals surface area contributed by atoms with Crippen LogP contribution in [-0.4, -0.2) is 45.7 Å². The van der Waals surface area contributed by atoms with Crippen molar-refractivity contribution in [2.45, 2.75) is 51.6 Å². The number of carboxylic acids is 1. The van der Waals surface area contributed by atoms with Crippen molar-refractivity contribution < 1.29 is 19.4 Å². The molecule has 0 atom stereocenters.